The molecule has 0 aliphatic heterocycles. The van der Waals surface area contributed by atoms with E-state index in [4.69, 9.17) is 4.42 Å². The maximum atomic E-state index is 12.3. The molecule has 2 aromatic carbocycles. The number of hydrogen-bond acceptors (Lipinski definition) is 4. The molecule has 126 valence electrons. The second-order valence-electron chi connectivity index (χ2n) is 5.19. The molecule has 1 amide bonds. The summed E-state index contributed by atoms with van der Waals surface area (Å²) in [5.74, 6) is 0.0193. The number of furan rings is 1. The van der Waals surface area contributed by atoms with E-state index >= 15 is 0 Å². The highest BCUT2D eigenvalue weighted by molar-refractivity contribution is 9.10. The first-order valence-electron chi connectivity index (χ1n) is 7.42. The van der Waals surface area contributed by atoms with E-state index in [0.717, 1.165) is 10.0 Å². The Morgan fingerprint density at radius 2 is 1.64 bits per heavy atom. The van der Waals surface area contributed by atoms with E-state index in [1.165, 1.54) is 7.11 Å². The fourth-order valence-corrected chi connectivity index (χ4v) is 2.49. The summed E-state index contributed by atoms with van der Waals surface area (Å²) in [4.78, 5) is 23.7. The number of rotatable bonds is 4. The molecule has 1 aromatic heterocycles. The smallest absolute Gasteiger partial charge is 0.337 e. The fourth-order valence-electron chi connectivity index (χ4n) is 2.23. The topological polar surface area (TPSA) is 68.5 Å². The molecule has 0 saturated carbocycles. The number of nitrogens with one attached hydrogen (secondary N) is 1. The lowest BCUT2D eigenvalue weighted by Crippen LogP contribution is -2.11. The van der Waals surface area contributed by atoms with Crippen molar-refractivity contribution in [2.75, 3.05) is 12.4 Å². The van der Waals surface area contributed by atoms with Crippen molar-refractivity contribution >= 4 is 33.5 Å². The number of esters is 1. The number of carbonyl (C=O) groups excluding carboxylic acids is 2. The Balaban J connectivity index is 1.71. The van der Waals surface area contributed by atoms with E-state index in [2.05, 4.69) is 26.0 Å². The van der Waals surface area contributed by atoms with Crippen LogP contribution in [0.25, 0.3) is 11.3 Å². The number of ether oxygens (including phenoxy) is 1. The van der Waals surface area contributed by atoms with Gasteiger partial charge in [0.05, 0.1) is 12.7 Å². The Bertz CT molecular complexity index is 898. The number of hydrogen-bond donors (Lipinski definition) is 1. The van der Waals surface area contributed by atoms with Gasteiger partial charge >= 0.3 is 5.97 Å². The van der Waals surface area contributed by atoms with Crippen LogP contribution < -0.4 is 5.32 Å². The summed E-state index contributed by atoms with van der Waals surface area (Å²) in [6.07, 6.45) is 0. The van der Waals surface area contributed by atoms with Gasteiger partial charge in [-0.05, 0) is 48.5 Å². The summed E-state index contributed by atoms with van der Waals surface area (Å²) in [6, 6.07) is 17.4. The van der Waals surface area contributed by atoms with Gasteiger partial charge in [-0.3, -0.25) is 4.79 Å². The number of anilines is 1. The zero-order valence-electron chi connectivity index (χ0n) is 13.3. The Morgan fingerprint density at radius 1 is 0.960 bits per heavy atom. The summed E-state index contributed by atoms with van der Waals surface area (Å²) >= 11 is 3.38. The van der Waals surface area contributed by atoms with Gasteiger partial charge in [0.15, 0.2) is 5.76 Å². The molecular formula is C19H14BrNO4. The molecule has 0 unspecified atom stereocenters. The highest BCUT2D eigenvalue weighted by Crippen LogP contribution is 2.24. The van der Waals surface area contributed by atoms with Crippen molar-refractivity contribution in [3.63, 3.8) is 0 Å². The summed E-state index contributed by atoms with van der Waals surface area (Å²) in [5, 5.41) is 2.72. The molecule has 0 saturated heterocycles. The Kier molecular flexibility index (Phi) is 5.00. The molecule has 25 heavy (non-hydrogen) atoms. The minimum atomic E-state index is -0.428. The van der Waals surface area contributed by atoms with E-state index in [9.17, 15) is 9.59 Å². The Morgan fingerprint density at radius 3 is 2.28 bits per heavy atom. The molecule has 0 aliphatic carbocycles. The average Bonchev–Trinajstić information content (AvgIpc) is 3.12. The lowest BCUT2D eigenvalue weighted by Gasteiger charge is -2.04. The summed E-state index contributed by atoms with van der Waals surface area (Å²) in [7, 11) is 1.32. The molecule has 3 aromatic rings. The van der Waals surface area contributed by atoms with Gasteiger partial charge in [0.25, 0.3) is 5.91 Å². The normalized spacial score (nSPS) is 10.3. The molecule has 3 rings (SSSR count). The van der Waals surface area contributed by atoms with Crippen molar-refractivity contribution in [2.24, 2.45) is 0 Å². The van der Waals surface area contributed by atoms with Crippen molar-refractivity contribution in [2.45, 2.75) is 0 Å². The van der Waals surface area contributed by atoms with Gasteiger partial charge in [-0.25, -0.2) is 4.79 Å². The van der Waals surface area contributed by atoms with Crippen LogP contribution in [0.15, 0.2) is 69.6 Å². The Labute approximate surface area is 152 Å². The maximum Gasteiger partial charge on any atom is 0.337 e. The monoisotopic (exact) mass is 399 g/mol. The molecule has 0 aliphatic rings. The molecule has 5 nitrogen and oxygen atoms in total. The third kappa shape index (κ3) is 3.97. The van der Waals surface area contributed by atoms with Crippen LogP contribution in [0.5, 0.6) is 0 Å². The lowest BCUT2D eigenvalue weighted by atomic mass is 10.2. The number of benzene rings is 2. The van der Waals surface area contributed by atoms with Crippen LogP contribution in [0.4, 0.5) is 5.69 Å². The molecule has 1 N–H and O–H groups in total. The van der Waals surface area contributed by atoms with Crippen LogP contribution in [0, 0.1) is 0 Å². The van der Waals surface area contributed by atoms with E-state index in [0.29, 0.717) is 17.0 Å². The number of halogens is 1. The standard InChI is InChI=1S/C19H14BrNO4/c1-24-19(23)13-4-8-15(9-5-13)21-18(22)17-11-10-16(25-17)12-2-6-14(20)7-3-12/h2-11H,1H3,(H,21,22). The highest BCUT2D eigenvalue weighted by Gasteiger charge is 2.13. The third-order valence-corrected chi connectivity index (χ3v) is 4.05. The van der Waals surface area contributed by atoms with Crippen LogP contribution >= 0.6 is 15.9 Å². The Hall–Kier alpha value is -2.86. The molecule has 0 radical (unpaired) electrons. The molecule has 0 fully saturated rings. The van der Waals surface area contributed by atoms with E-state index in [-0.39, 0.29) is 11.7 Å². The molecule has 0 atom stereocenters. The van der Waals surface area contributed by atoms with E-state index in [1.807, 2.05) is 24.3 Å². The minimum Gasteiger partial charge on any atom is -0.465 e. The fraction of sp³-hybridized carbons (Fsp3) is 0.0526. The van der Waals surface area contributed by atoms with Gasteiger partial charge in [0, 0.05) is 15.7 Å². The number of carbonyl (C=O) groups is 2. The highest BCUT2D eigenvalue weighted by atomic mass is 79.9. The van der Waals surface area contributed by atoms with Crippen molar-refractivity contribution in [1.29, 1.82) is 0 Å². The molecule has 1 heterocycles. The second-order valence-corrected chi connectivity index (χ2v) is 6.11. The first-order chi connectivity index (χ1) is 12.1. The van der Waals surface area contributed by atoms with Crippen LogP contribution in [-0.2, 0) is 4.74 Å². The lowest BCUT2D eigenvalue weighted by molar-refractivity contribution is 0.0600. The van der Waals surface area contributed by atoms with Crippen LogP contribution in [0.3, 0.4) is 0 Å². The van der Waals surface area contributed by atoms with Gasteiger partial charge in [-0.1, -0.05) is 28.1 Å². The molecule has 6 heteroatoms. The van der Waals surface area contributed by atoms with Crippen molar-refractivity contribution < 1.29 is 18.7 Å². The zero-order valence-corrected chi connectivity index (χ0v) is 14.9. The van der Waals surface area contributed by atoms with Crippen molar-refractivity contribution in [3.8, 4) is 11.3 Å². The van der Waals surface area contributed by atoms with Gasteiger partial charge < -0.3 is 14.5 Å². The molecule has 0 bridgehead atoms. The van der Waals surface area contributed by atoms with Gasteiger partial charge in [-0.15, -0.1) is 0 Å². The SMILES string of the molecule is COC(=O)c1ccc(NC(=O)c2ccc(-c3ccc(Br)cc3)o2)cc1. The largest absolute Gasteiger partial charge is 0.465 e. The predicted octanol–water partition coefficient (Wildman–Crippen LogP) is 4.75. The third-order valence-electron chi connectivity index (χ3n) is 3.52. The quantitative estimate of drug-likeness (QED) is 0.642. The summed E-state index contributed by atoms with van der Waals surface area (Å²) in [6.45, 7) is 0. The van der Waals surface area contributed by atoms with Crippen LogP contribution in [-0.4, -0.2) is 19.0 Å². The van der Waals surface area contributed by atoms with Gasteiger partial charge in [-0.2, -0.15) is 0 Å². The summed E-state index contributed by atoms with van der Waals surface area (Å²) in [5.41, 5.74) is 1.85. The average molecular weight is 400 g/mol. The number of methoxy groups -OCH3 is 1. The second kappa shape index (κ2) is 7.36. The maximum absolute atomic E-state index is 12.3. The van der Waals surface area contributed by atoms with Gasteiger partial charge in [0.1, 0.15) is 5.76 Å². The zero-order chi connectivity index (χ0) is 17.8. The van der Waals surface area contributed by atoms with Crippen molar-refractivity contribution in [3.05, 3.63) is 76.5 Å². The van der Waals surface area contributed by atoms with Crippen LogP contribution in [0.1, 0.15) is 20.9 Å². The van der Waals surface area contributed by atoms with Gasteiger partial charge in [0.2, 0.25) is 0 Å². The molecule has 0 spiro atoms. The van der Waals surface area contributed by atoms with Crippen molar-refractivity contribution in [1.82, 2.24) is 0 Å². The predicted molar refractivity (Wildman–Crippen MR) is 97.6 cm³/mol. The number of amides is 1. The first-order valence-corrected chi connectivity index (χ1v) is 8.21. The first kappa shape index (κ1) is 17.0. The van der Waals surface area contributed by atoms with E-state index in [1.54, 1.807) is 36.4 Å². The minimum absolute atomic E-state index is 0.204. The van der Waals surface area contributed by atoms with E-state index < -0.39 is 5.97 Å². The summed E-state index contributed by atoms with van der Waals surface area (Å²) < 4.78 is 11.2. The van der Waals surface area contributed by atoms with Crippen LogP contribution in [0.2, 0.25) is 0 Å². The molecular weight excluding hydrogens is 386 g/mol.